The van der Waals surface area contributed by atoms with Gasteiger partial charge in [-0.15, -0.1) is 0 Å². The number of aryl methyl sites for hydroxylation is 2. The SMILES string of the molecule is CCN(NC(=O)C(=O)O)C(=O)CN(C1CC1)S(=O)(=O)c1c(C)cc(OC)cc1C. The van der Waals surface area contributed by atoms with Gasteiger partial charge in [0.25, 0.3) is 5.91 Å². The Kier molecular flexibility index (Phi) is 6.85. The van der Waals surface area contributed by atoms with Gasteiger partial charge in [-0.1, -0.05) is 0 Å². The monoisotopic (exact) mass is 427 g/mol. The first-order valence-electron chi connectivity index (χ1n) is 9.04. The minimum Gasteiger partial charge on any atom is -0.497 e. The Balaban J connectivity index is 2.33. The number of hydrogen-bond donors (Lipinski definition) is 2. The minimum absolute atomic E-state index is 0.0169. The molecule has 160 valence electrons. The lowest BCUT2D eigenvalue weighted by Gasteiger charge is -2.27. The molecule has 1 aliphatic rings. The number of carbonyl (C=O) groups is 3. The van der Waals surface area contributed by atoms with E-state index in [0.717, 1.165) is 9.31 Å². The zero-order valence-electron chi connectivity index (χ0n) is 16.8. The number of carboxylic acid groups (broad SMARTS) is 1. The highest BCUT2D eigenvalue weighted by Gasteiger charge is 2.41. The first kappa shape index (κ1) is 22.6. The van der Waals surface area contributed by atoms with E-state index in [0.29, 0.717) is 29.7 Å². The van der Waals surface area contributed by atoms with E-state index >= 15 is 0 Å². The fourth-order valence-corrected chi connectivity index (χ4v) is 5.08. The molecule has 0 spiro atoms. The van der Waals surface area contributed by atoms with Crippen LogP contribution >= 0.6 is 0 Å². The largest absolute Gasteiger partial charge is 0.497 e. The first-order valence-corrected chi connectivity index (χ1v) is 10.5. The fourth-order valence-electron chi connectivity index (χ4n) is 3.03. The molecule has 2 rings (SSSR count). The van der Waals surface area contributed by atoms with Gasteiger partial charge in [-0.25, -0.2) is 13.2 Å². The van der Waals surface area contributed by atoms with Crippen molar-refractivity contribution < 1.29 is 32.6 Å². The molecule has 29 heavy (non-hydrogen) atoms. The number of carbonyl (C=O) groups excluding carboxylic acids is 2. The second kappa shape index (κ2) is 8.78. The van der Waals surface area contributed by atoms with E-state index in [-0.39, 0.29) is 17.5 Å². The van der Waals surface area contributed by atoms with Crippen LogP contribution in [0.25, 0.3) is 0 Å². The maximum absolute atomic E-state index is 13.4. The predicted octanol–water partition coefficient (Wildman–Crippen LogP) is 0.429. The summed E-state index contributed by atoms with van der Waals surface area (Å²) < 4.78 is 33.0. The van der Waals surface area contributed by atoms with Crippen LogP contribution in [0.2, 0.25) is 0 Å². The molecule has 11 heteroatoms. The van der Waals surface area contributed by atoms with Gasteiger partial charge >= 0.3 is 11.9 Å². The third-order valence-corrected chi connectivity index (χ3v) is 6.73. The summed E-state index contributed by atoms with van der Waals surface area (Å²) in [6, 6.07) is 2.90. The molecule has 1 aromatic carbocycles. The van der Waals surface area contributed by atoms with Crippen LogP contribution in [-0.2, 0) is 24.4 Å². The molecule has 2 amide bonds. The molecule has 1 aromatic rings. The second-order valence-corrected chi connectivity index (χ2v) is 8.58. The summed E-state index contributed by atoms with van der Waals surface area (Å²) in [5, 5.41) is 9.50. The summed E-state index contributed by atoms with van der Waals surface area (Å²) in [6.45, 7) is 4.32. The number of carboxylic acids is 1. The zero-order valence-corrected chi connectivity index (χ0v) is 17.6. The van der Waals surface area contributed by atoms with E-state index in [2.05, 4.69) is 0 Å². The molecule has 0 aliphatic heterocycles. The van der Waals surface area contributed by atoms with E-state index in [1.165, 1.54) is 14.0 Å². The quantitative estimate of drug-likeness (QED) is 0.476. The lowest BCUT2D eigenvalue weighted by atomic mass is 10.1. The van der Waals surface area contributed by atoms with Crippen molar-refractivity contribution in [1.29, 1.82) is 0 Å². The Hall–Kier alpha value is -2.66. The van der Waals surface area contributed by atoms with Crippen molar-refractivity contribution in [1.82, 2.24) is 14.7 Å². The molecule has 0 bridgehead atoms. The highest BCUT2D eigenvalue weighted by Crippen LogP contribution is 2.35. The van der Waals surface area contributed by atoms with Crippen LogP contribution in [-0.4, -0.2) is 66.9 Å². The summed E-state index contributed by atoms with van der Waals surface area (Å²) in [5.41, 5.74) is 2.95. The molecular formula is C18H25N3O7S. The molecule has 0 heterocycles. The molecule has 1 fully saturated rings. The second-order valence-electron chi connectivity index (χ2n) is 6.76. The maximum Gasteiger partial charge on any atom is 0.396 e. The average molecular weight is 427 g/mol. The number of nitrogens with one attached hydrogen (secondary N) is 1. The lowest BCUT2D eigenvalue weighted by Crippen LogP contribution is -2.52. The summed E-state index contributed by atoms with van der Waals surface area (Å²) in [7, 11) is -2.52. The number of amides is 2. The zero-order chi connectivity index (χ0) is 21.9. The predicted molar refractivity (Wildman–Crippen MR) is 103 cm³/mol. The van der Waals surface area contributed by atoms with Gasteiger partial charge in [-0.05, 0) is 56.9 Å². The van der Waals surface area contributed by atoms with Crippen LogP contribution in [0.15, 0.2) is 17.0 Å². The van der Waals surface area contributed by atoms with Crippen LogP contribution in [0.4, 0.5) is 0 Å². The molecule has 2 N–H and O–H groups in total. The molecule has 0 aromatic heterocycles. The molecule has 10 nitrogen and oxygen atoms in total. The number of likely N-dealkylation sites (N-methyl/N-ethyl adjacent to an activating group) is 1. The number of nitrogens with zero attached hydrogens (tertiary/aromatic N) is 2. The number of benzene rings is 1. The highest BCUT2D eigenvalue weighted by atomic mass is 32.2. The molecule has 0 atom stereocenters. The standard InChI is InChI=1S/C18H25N3O7S/c1-5-20(19-17(23)18(24)25)15(22)10-21(13-6-7-13)29(26,27)16-11(2)8-14(28-4)9-12(16)3/h8-9,13H,5-7,10H2,1-4H3,(H,19,23)(H,24,25). The van der Waals surface area contributed by atoms with Crippen LogP contribution in [0.1, 0.15) is 30.9 Å². The number of sulfonamides is 1. The van der Waals surface area contributed by atoms with Crippen molar-refractivity contribution in [3.8, 4) is 5.75 Å². The Labute approximate surface area is 169 Å². The number of hydrogen-bond acceptors (Lipinski definition) is 6. The van der Waals surface area contributed by atoms with Crippen molar-refractivity contribution in [2.75, 3.05) is 20.2 Å². The van der Waals surface area contributed by atoms with Crippen molar-refractivity contribution >= 4 is 27.8 Å². The Morgan fingerprint density at radius 3 is 2.17 bits per heavy atom. The smallest absolute Gasteiger partial charge is 0.396 e. The lowest BCUT2D eigenvalue weighted by molar-refractivity contribution is -0.155. The van der Waals surface area contributed by atoms with Gasteiger partial charge in [0.15, 0.2) is 0 Å². The van der Waals surface area contributed by atoms with Gasteiger partial charge in [-0.2, -0.15) is 4.31 Å². The molecule has 0 radical (unpaired) electrons. The van der Waals surface area contributed by atoms with Crippen molar-refractivity contribution in [2.45, 2.75) is 44.6 Å². The topological polar surface area (TPSA) is 133 Å². The Morgan fingerprint density at radius 2 is 1.76 bits per heavy atom. The number of methoxy groups -OCH3 is 1. The molecular weight excluding hydrogens is 402 g/mol. The normalized spacial score (nSPS) is 13.8. The number of rotatable bonds is 7. The highest BCUT2D eigenvalue weighted by molar-refractivity contribution is 7.89. The van der Waals surface area contributed by atoms with Crippen molar-refractivity contribution in [2.24, 2.45) is 0 Å². The van der Waals surface area contributed by atoms with E-state index in [1.54, 1.807) is 26.0 Å². The van der Waals surface area contributed by atoms with Crippen LogP contribution in [0, 0.1) is 13.8 Å². The van der Waals surface area contributed by atoms with Gasteiger partial charge in [-0.3, -0.25) is 20.0 Å². The third kappa shape index (κ3) is 5.04. The van der Waals surface area contributed by atoms with E-state index in [4.69, 9.17) is 9.84 Å². The average Bonchev–Trinajstić information content (AvgIpc) is 3.47. The summed E-state index contributed by atoms with van der Waals surface area (Å²) in [5.74, 6) is -3.31. The Morgan fingerprint density at radius 1 is 1.21 bits per heavy atom. The summed E-state index contributed by atoms with van der Waals surface area (Å²) in [6.07, 6.45) is 1.24. The van der Waals surface area contributed by atoms with Gasteiger partial charge in [0.2, 0.25) is 10.0 Å². The Bertz CT molecular complexity index is 902. The minimum atomic E-state index is -4.00. The van der Waals surface area contributed by atoms with Crippen LogP contribution in [0.3, 0.4) is 0 Å². The van der Waals surface area contributed by atoms with Crippen molar-refractivity contribution in [3.63, 3.8) is 0 Å². The molecule has 0 saturated heterocycles. The van der Waals surface area contributed by atoms with Crippen LogP contribution in [0.5, 0.6) is 5.75 Å². The molecule has 0 unspecified atom stereocenters. The summed E-state index contributed by atoms with van der Waals surface area (Å²) in [4.78, 5) is 34.8. The fraction of sp³-hybridized carbons (Fsp3) is 0.500. The first-order chi connectivity index (χ1) is 13.5. The molecule has 1 saturated carbocycles. The number of ether oxygens (including phenoxy) is 1. The van der Waals surface area contributed by atoms with Crippen molar-refractivity contribution in [3.05, 3.63) is 23.3 Å². The third-order valence-electron chi connectivity index (χ3n) is 4.53. The van der Waals surface area contributed by atoms with E-state index in [1.807, 2.05) is 5.43 Å². The van der Waals surface area contributed by atoms with Gasteiger partial charge in [0.05, 0.1) is 18.6 Å². The summed E-state index contributed by atoms with van der Waals surface area (Å²) >= 11 is 0. The van der Waals surface area contributed by atoms with Gasteiger partial charge in [0.1, 0.15) is 5.75 Å². The van der Waals surface area contributed by atoms with Gasteiger partial charge in [0, 0.05) is 12.6 Å². The van der Waals surface area contributed by atoms with Crippen LogP contribution < -0.4 is 10.2 Å². The maximum atomic E-state index is 13.4. The van der Waals surface area contributed by atoms with E-state index in [9.17, 15) is 22.8 Å². The molecule has 1 aliphatic carbocycles. The number of aliphatic carboxylic acids is 1. The van der Waals surface area contributed by atoms with Gasteiger partial charge < -0.3 is 9.84 Å². The number of hydrazine groups is 1. The van der Waals surface area contributed by atoms with E-state index < -0.39 is 34.4 Å².